The SMILES string of the molecule is Cc1nc2ccc(CC(=O)NC34C[C@H]5C[C@@H](C3)CC(n3ncnn3)(C5)C4)cc2[nH]1. The summed E-state index contributed by atoms with van der Waals surface area (Å²) in [6, 6.07) is 6.02. The van der Waals surface area contributed by atoms with E-state index in [1.807, 2.05) is 29.9 Å². The molecule has 2 heterocycles. The third-order valence-corrected chi connectivity index (χ3v) is 7.24. The van der Waals surface area contributed by atoms with Crippen molar-refractivity contribution in [3.63, 3.8) is 0 Å². The third kappa shape index (κ3) is 2.76. The number of nitrogens with one attached hydrogen (secondary N) is 2. The van der Waals surface area contributed by atoms with Crippen LogP contribution in [-0.2, 0) is 16.8 Å². The molecule has 0 aliphatic heterocycles. The van der Waals surface area contributed by atoms with Crippen LogP contribution in [0.2, 0.25) is 0 Å². The number of H-pyrrole nitrogens is 1. The normalized spacial score (nSPS) is 32.7. The molecular weight excluding hydrogens is 366 g/mol. The number of aromatic nitrogens is 6. The van der Waals surface area contributed by atoms with Crippen LogP contribution >= 0.6 is 0 Å². The summed E-state index contributed by atoms with van der Waals surface area (Å²) in [7, 11) is 0. The van der Waals surface area contributed by atoms with Crippen molar-refractivity contribution < 1.29 is 4.79 Å². The van der Waals surface area contributed by atoms with Crippen LogP contribution in [0, 0.1) is 18.8 Å². The number of aryl methyl sites for hydroxylation is 1. The van der Waals surface area contributed by atoms with Crippen LogP contribution in [0.5, 0.6) is 0 Å². The minimum Gasteiger partial charge on any atom is -0.350 e. The summed E-state index contributed by atoms with van der Waals surface area (Å²) >= 11 is 0. The van der Waals surface area contributed by atoms with Crippen LogP contribution in [0.1, 0.15) is 49.9 Å². The van der Waals surface area contributed by atoms with Gasteiger partial charge in [-0.25, -0.2) is 4.98 Å². The molecule has 4 aliphatic carbocycles. The minimum atomic E-state index is -0.135. The Labute approximate surface area is 168 Å². The molecule has 2 N–H and O–H groups in total. The van der Waals surface area contributed by atoms with Gasteiger partial charge in [0.25, 0.3) is 0 Å². The number of hydrogen-bond acceptors (Lipinski definition) is 5. The Morgan fingerprint density at radius 2 is 2.10 bits per heavy atom. The number of hydrogen-bond donors (Lipinski definition) is 2. The number of benzene rings is 1. The fourth-order valence-corrected chi connectivity index (χ4v) is 6.80. The number of amides is 1. The molecule has 4 atom stereocenters. The summed E-state index contributed by atoms with van der Waals surface area (Å²) in [4.78, 5) is 22.6. The molecule has 0 saturated heterocycles. The standard InChI is InChI=1S/C21H25N7O/c1-13-24-17-3-2-14(5-18(17)25-13)6-19(29)26-20-7-15-4-16(8-20)10-21(9-15,11-20)28-23-12-22-27-28/h2-3,5,12,15-16H,4,6-11H2,1H3,(H,24,25)(H,26,29)/t15-,16+,20?,21?. The van der Waals surface area contributed by atoms with Gasteiger partial charge in [-0.2, -0.15) is 4.80 Å². The highest BCUT2D eigenvalue weighted by atomic mass is 16.1. The summed E-state index contributed by atoms with van der Waals surface area (Å²) in [6.45, 7) is 1.94. The lowest BCUT2D eigenvalue weighted by atomic mass is 9.50. The number of imidazole rings is 1. The van der Waals surface area contributed by atoms with Crippen molar-refractivity contribution in [2.45, 2.75) is 62.9 Å². The molecule has 1 aromatic carbocycles. The summed E-state index contributed by atoms with van der Waals surface area (Å²) in [5.41, 5.74) is 2.72. The van der Waals surface area contributed by atoms with Gasteiger partial charge in [-0.15, -0.1) is 10.2 Å². The minimum absolute atomic E-state index is 0.0831. The average molecular weight is 391 g/mol. The van der Waals surface area contributed by atoms with Gasteiger partial charge >= 0.3 is 0 Å². The van der Waals surface area contributed by atoms with Gasteiger partial charge in [0.05, 0.1) is 23.0 Å². The van der Waals surface area contributed by atoms with Crippen molar-refractivity contribution >= 4 is 16.9 Å². The first-order valence-corrected chi connectivity index (χ1v) is 10.5. The fraction of sp³-hybridized carbons (Fsp3) is 0.571. The van der Waals surface area contributed by atoms with E-state index < -0.39 is 0 Å². The molecule has 4 saturated carbocycles. The van der Waals surface area contributed by atoms with Crippen LogP contribution in [0.4, 0.5) is 0 Å². The molecule has 2 aromatic heterocycles. The van der Waals surface area contributed by atoms with E-state index >= 15 is 0 Å². The maximum Gasteiger partial charge on any atom is 0.224 e. The van der Waals surface area contributed by atoms with Crippen molar-refractivity contribution in [2.75, 3.05) is 0 Å². The van der Waals surface area contributed by atoms with E-state index in [4.69, 9.17) is 0 Å². The highest BCUT2D eigenvalue weighted by molar-refractivity contribution is 5.82. The number of rotatable bonds is 4. The summed E-state index contributed by atoms with van der Waals surface area (Å²) < 4.78 is 0. The first-order valence-electron chi connectivity index (χ1n) is 10.5. The lowest BCUT2D eigenvalue weighted by Crippen LogP contribution is -2.66. The van der Waals surface area contributed by atoms with Crippen molar-refractivity contribution in [2.24, 2.45) is 11.8 Å². The van der Waals surface area contributed by atoms with Gasteiger partial charge in [0.2, 0.25) is 5.91 Å². The lowest BCUT2D eigenvalue weighted by Gasteiger charge is -2.61. The third-order valence-electron chi connectivity index (χ3n) is 7.24. The Kier molecular flexibility index (Phi) is 3.47. The zero-order chi connectivity index (χ0) is 19.6. The van der Waals surface area contributed by atoms with E-state index in [2.05, 4.69) is 30.7 Å². The first-order chi connectivity index (χ1) is 14.0. The predicted molar refractivity (Wildman–Crippen MR) is 106 cm³/mol. The van der Waals surface area contributed by atoms with Crippen LogP contribution in [0.3, 0.4) is 0 Å². The summed E-state index contributed by atoms with van der Waals surface area (Å²) in [6.07, 6.45) is 8.45. The maximum atomic E-state index is 13.0. The Morgan fingerprint density at radius 3 is 2.86 bits per heavy atom. The number of nitrogens with zero attached hydrogens (tertiary/aromatic N) is 5. The van der Waals surface area contributed by atoms with Crippen molar-refractivity contribution in [1.82, 2.24) is 35.5 Å². The molecule has 4 bridgehead atoms. The second-order valence-corrected chi connectivity index (χ2v) is 9.59. The number of tetrazole rings is 1. The molecule has 1 amide bonds. The fourth-order valence-electron chi connectivity index (χ4n) is 6.80. The number of carbonyl (C=O) groups is 1. The van der Waals surface area contributed by atoms with Gasteiger partial charge < -0.3 is 10.3 Å². The molecule has 8 heteroatoms. The monoisotopic (exact) mass is 391 g/mol. The van der Waals surface area contributed by atoms with E-state index in [1.165, 1.54) is 12.7 Å². The quantitative estimate of drug-likeness (QED) is 0.710. The topological polar surface area (TPSA) is 101 Å². The second kappa shape index (κ2) is 5.87. The zero-order valence-corrected chi connectivity index (χ0v) is 16.6. The Hall–Kier alpha value is -2.77. The van der Waals surface area contributed by atoms with Crippen molar-refractivity contribution in [3.05, 3.63) is 35.9 Å². The molecule has 4 fully saturated rings. The van der Waals surface area contributed by atoms with Gasteiger partial charge in [0.1, 0.15) is 5.82 Å². The lowest BCUT2D eigenvalue weighted by molar-refractivity contribution is -0.130. The molecular formula is C21H25N7O. The van der Waals surface area contributed by atoms with E-state index in [9.17, 15) is 4.79 Å². The maximum absolute atomic E-state index is 13.0. The van der Waals surface area contributed by atoms with Gasteiger partial charge in [-0.3, -0.25) is 4.79 Å². The van der Waals surface area contributed by atoms with Crippen LogP contribution in [-0.4, -0.2) is 41.6 Å². The molecule has 7 rings (SSSR count). The zero-order valence-electron chi connectivity index (χ0n) is 16.6. The molecule has 0 radical (unpaired) electrons. The highest BCUT2D eigenvalue weighted by Gasteiger charge is 2.60. The largest absolute Gasteiger partial charge is 0.350 e. The Morgan fingerprint density at radius 1 is 1.28 bits per heavy atom. The van der Waals surface area contributed by atoms with E-state index in [1.54, 1.807) is 0 Å². The Balaban J connectivity index is 1.24. The van der Waals surface area contributed by atoms with Gasteiger partial charge in [-0.1, -0.05) is 6.07 Å². The number of fused-ring (bicyclic) bond motifs is 1. The summed E-state index contributed by atoms with van der Waals surface area (Å²) in [5, 5.41) is 16.0. The molecule has 29 heavy (non-hydrogen) atoms. The van der Waals surface area contributed by atoms with E-state index in [0.717, 1.165) is 54.5 Å². The Bertz CT molecular complexity index is 1070. The van der Waals surface area contributed by atoms with Gasteiger partial charge in [0, 0.05) is 5.54 Å². The van der Waals surface area contributed by atoms with Crippen LogP contribution in [0.15, 0.2) is 24.5 Å². The van der Waals surface area contributed by atoms with E-state index in [0.29, 0.717) is 18.3 Å². The molecule has 8 nitrogen and oxygen atoms in total. The van der Waals surface area contributed by atoms with Crippen LogP contribution < -0.4 is 5.32 Å². The molecule has 3 aromatic rings. The smallest absolute Gasteiger partial charge is 0.224 e. The molecule has 4 aliphatic rings. The predicted octanol–water partition coefficient (Wildman–Crippen LogP) is 2.26. The van der Waals surface area contributed by atoms with Gasteiger partial charge in [-0.05, 0) is 80.2 Å². The average Bonchev–Trinajstić information content (AvgIpc) is 3.28. The molecule has 0 spiro atoms. The van der Waals surface area contributed by atoms with Crippen LogP contribution in [0.25, 0.3) is 11.0 Å². The van der Waals surface area contributed by atoms with Crippen molar-refractivity contribution in [1.29, 1.82) is 0 Å². The second-order valence-electron chi connectivity index (χ2n) is 9.59. The molecule has 150 valence electrons. The van der Waals surface area contributed by atoms with Gasteiger partial charge in [0.15, 0.2) is 6.33 Å². The van der Waals surface area contributed by atoms with Crippen molar-refractivity contribution in [3.8, 4) is 0 Å². The number of aromatic amines is 1. The summed E-state index contributed by atoms with van der Waals surface area (Å²) in [5.74, 6) is 2.25. The number of carbonyl (C=O) groups excluding carboxylic acids is 1. The van der Waals surface area contributed by atoms with E-state index in [-0.39, 0.29) is 17.0 Å². The first kappa shape index (κ1) is 17.1. The highest BCUT2D eigenvalue weighted by Crippen LogP contribution is 2.60. The molecule has 2 unspecified atom stereocenters.